The van der Waals surface area contributed by atoms with E-state index in [1.54, 1.807) is 0 Å². The number of fused-ring (bicyclic) bond motifs is 1. The fourth-order valence-electron chi connectivity index (χ4n) is 3.04. The number of nitro benzene ring substituents is 1. The van der Waals surface area contributed by atoms with Gasteiger partial charge in [-0.25, -0.2) is 4.98 Å². The first-order valence-electron chi connectivity index (χ1n) is 9.13. The average Bonchev–Trinajstić information content (AvgIpc) is 3.40. The highest BCUT2D eigenvalue weighted by Gasteiger charge is 2.19. The Labute approximate surface area is 184 Å². The second kappa shape index (κ2) is 8.74. The van der Waals surface area contributed by atoms with Gasteiger partial charge in [-0.05, 0) is 35.9 Å². The van der Waals surface area contributed by atoms with Crippen LogP contribution in [0.25, 0.3) is 11.3 Å². The Hall–Kier alpha value is -3.44. The van der Waals surface area contributed by atoms with E-state index in [0.29, 0.717) is 11.7 Å². The SMILES string of the molecule is NC(=O)c1ccc(SCC(=O)Nc2nc(-c3ccc4c(c3)CCO4)cs2)c([N+](=O)[O-])c1. The molecule has 2 amide bonds. The van der Waals surface area contributed by atoms with Gasteiger partial charge in [-0.3, -0.25) is 19.7 Å². The van der Waals surface area contributed by atoms with E-state index in [-0.39, 0.29) is 27.8 Å². The van der Waals surface area contributed by atoms with Crippen LogP contribution in [0.2, 0.25) is 0 Å². The molecule has 0 fully saturated rings. The zero-order chi connectivity index (χ0) is 22.0. The molecule has 0 saturated carbocycles. The summed E-state index contributed by atoms with van der Waals surface area (Å²) in [6, 6.07) is 9.79. The quantitative estimate of drug-likeness (QED) is 0.315. The maximum absolute atomic E-state index is 12.3. The number of nitro groups is 1. The first-order chi connectivity index (χ1) is 14.9. The first kappa shape index (κ1) is 20.8. The van der Waals surface area contributed by atoms with Crippen LogP contribution in [-0.4, -0.2) is 34.1 Å². The van der Waals surface area contributed by atoms with Crippen LogP contribution in [0.5, 0.6) is 5.75 Å². The predicted octanol–water partition coefficient (Wildman–Crippen LogP) is 3.48. The first-order valence-corrected chi connectivity index (χ1v) is 11.0. The van der Waals surface area contributed by atoms with Gasteiger partial charge in [0, 0.05) is 29.0 Å². The van der Waals surface area contributed by atoms with Crippen LogP contribution < -0.4 is 15.8 Å². The van der Waals surface area contributed by atoms with Gasteiger partial charge in [-0.2, -0.15) is 0 Å². The Balaban J connectivity index is 1.40. The van der Waals surface area contributed by atoms with Crippen LogP contribution in [0.3, 0.4) is 0 Å². The molecule has 31 heavy (non-hydrogen) atoms. The molecular formula is C20H16N4O5S2. The largest absolute Gasteiger partial charge is 0.493 e. The minimum absolute atomic E-state index is 0.0360. The molecule has 0 atom stereocenters. The summed E-state index contributed by atoms with van der Waals surface area (Å²) in [4.78, 5) is 38.9. The van der Waals surface area contributed by atoms with Gasteiger partial charge in [-0.1, -0.05) is 0 Å². The van der Waals surface area contributed by atoms with Gasteiger partial charge in [0.1, 0.15) is 5.75 Å². The Bertz CT molecular complexity index is 1190. The molecule has 1 aliphatic rings. The number of hydrogen-bond donors (Lipinski definition) is 2. The average molecular weight is 457 g/mol. The second-order valence-corrected chi connectivity index (χ2v) is 8.47. The van der Waals surface area contributed by atoms with E-state index < -0.39 is 10.8 Å². The lowest BCUT2D eigenvalue weighted by atomic mass is 10.1. The summed E-state index contributed by atoms with van der Waals surface area (Å²) in [6.07, 6.45) is 0.862. The van der Waals surface area contributed by atoms with E-state index in [2.05, 4.69) is 10.3 Å². The minimum Gasteiger partial charge on any atom is -0.493 e. The zero-order valence-electron chi connectivity index (χ0n) is 16.0. The molecule has 11 heteroatoms. The van der Waals surface area contributed by atoms with Crippen molar-refractivity contribution in [3.63, 3.8) is 0 Å². The van der Waals surface area contributed by atoms with Crippen molar-refractivity contribution < 1.29 is 19.2 Å². The molecule has 0 unspecified atom stereocenters. The van der Waals surface area contributed by atoms with Crippen LogP contribution >= 0.6 is 23.1 Å². The van der Waals surface area contributed by atoms with Gasteiger partial charge in [0.05, 0.1) is 27.9 Å². The van der Waals surface area contributed by atoms with E-state index in [4.69, 9.17) is 10.5 Å². The van der Waals surface area contributed by atoms with E-state index in [9.17, 15) is 19.7 Å². The van der Waals surface area contributed by atoms with Crippen molar-refractivity contribution in [3.05, 3.63) is 63.0 Å². The van der Waals surface area contributed by atoms with Gasteiger partial charge in [0.15, 0.2) is 5.13 Å². The highest BCUT2D eigenvalue weighted by Crippen LogP contribution is 2.33. The number of thiazole rings is 1. The molecule has 1 aromatic heterocycles. The summed E-state index contributed by atoms with van der Waals surface area (Å²) in [7, 11) is 0. The van der Waals surface area contributed by atoms with Gasteiger partial charge < -0.3 is 15.8 Å². The van der Waals surface area contributed by atoms with Gasteiger partial charge in [-0.15, -0.1) is 23.1 Å². The zero-order valence-corrected chi connectivity index (χ0v) is 17.6. The van der Waals surface area contributed by atoms with E-state index in [0.717, 1.165) is 46.8 Å². The number of benzene rings is 2. The number of primary amides is 1. The molecule has 158 valence electrons. The van der Waals surface area contributed by atoms with Crippen molar-refractivity contribution in [1.29, 1.82) is 0 Å². The Morgan fingerprint density at radius 1 is 1.29 bits per heavy atom. The third-order valence-corrected chi connectivity index (χ3v) is 6.36. The summed E-state index contributed by atoms with van der Waals surface area (Å²) in [5, 5.41) is 16.3. The number of nitrogens with one attached hydrogen (secondary N) is 1. The molecule has 2 aromatic carbocycles. The van der Waals surface area contributed by atoms with Crippen LogP contribution in [0.15, 0.2) is 46.7 Å². The number of hydrogen-bond acceptors (Lipinski definition) is 8. The molecule has 3 N–H and O–H groups in total. The number of thioether (sulfide) groups is 1. The summed E-state index contributed by atoms with van der Waals surface area (Å²) < 4.78 is 5.51. The number of nitrogens with zero attached hydrogens (tertiary/aromatic N) is 2. The third-order valence-electron chi connectivity index (χ3n) is 4.53. The van der Waals surface area contributed by atoms with Crippen molar-refractivity contribution in [2.24, 2.45) is 5.73 Å². The van der Waals surface area contributed by atoms with Crippen molar-refractivity contribution in [3.8, 4) is 17.0 Å². The van der Waals surface area contributed by atoms with E-state index in [1.807, 2.05) is 23.6 Å². The normalized spacial score (nSPS) is 12.1. The topological polar surface area (TPSA) is 137 Å². The maximum Gasteiger partial charge on any atom is 0.283 e. The summed E-state index contributed by atoms with van der Waals surface area (Å²) >= 11 is 2.29. The predicted molar refractivity (Wildman–Crippen MR) is 118 cm³/mol. The van der Waals surface area contributed by atoms with Crippen molar-refractivity contribution in [1.82, 2.24) is 4.98 Å². The third kappa shape index (κ3) is 4.67. The van der Waals surface area contributed by atoms with Gasteiger partial charge >= 0.3 is 0 Å². The lowest BCUT2D eigenvalue weighted by molar-refractivity contribution is -0.387. The molecule has 0 radical (unpaired) electrons. The van der Waals surface area contributed by atoms with E-state index >= 15 is 0 Å². The van der Waals surface area contributed by atoms with Gasteiger partial charge in [0.25, 0.3) is 5.69 Å². The fraction of sp³-hybridized carbons (Fsp3) is 0.150. The summed E-state index contributed by atoms with van der Waals surface area (Å²) in [5.41, 5.74) is 7.76. The fourth-order valence-corrected chi connectivity index (χ4v) is 4.58. The monoisotopic (exact) mass is 456 g/mol. The molecular weight excluding hydrogens is 440 g/mol. The van der Waals surface area contributed by atoms with Crippen molar-refractivity contribution in [2.75, 3.05) is 17.7 Å². The number of carbonyl (C=O) groups excluding carboxylic acids is 2. The Kier molecular flexibility index (Phi) is 5.87. The number of amides is 2. The highest BCUT2D eigenvalue weighted by molar-refractivity contribution is 8.00. The lowest BCUT2D eigenvalue weighted by Crippen LogP contribution is -2.14. The molecule has 0 aliphatic carbocycles. The lowest BCUT2D eigenvalue weighted by Gasteiger charge is -2.05. The molecule has 3 aromatic rings. The number of aromatic nitrogens is 1. The smallest absolute Gasteiger partial charge is 0.283 e. The number of nitrogens with two attached hydrogens (primary N) is 1. The molecule has 1 aliphatic heterocycles. The highest BCUT2D eigenvalue weighted by atomic mass is 32.2. The Morgan fingerprint density at radius 3 is 2.90 bits per heavy atom. The standard InChI is InChI=1S/C20H16N4O5S2/c21-19(26)13-2-4-17(15(8-13)24(27)28)30-10-18(25)23-20-22-14(9-31-20)11-1-3-16-12(7-11)5-6-29-16/h1-4,7-9H,5-6,10H2,(H2,21,26)(H,22,23,25). The van der Waals surface area contributed by atoms with E-state index in [1.165, 1.54) is 23.5 Å². The maximum atomic E-state index is 12.3. The summed E-state index contributed by atoms with van der Waals surface area (Å²) in [5.74, 6) is -0.265. The van der Waals surface area contributed by atoms with Crippen molar-refractivity contribution >= 4 is 45.7 Å². The minimum atomic E-state index is -0.757. The molecule has 4 rings (SSSR count). The molecule has 2 heterocycles. The summed E-state index contributed by atoms with van der Waals surface area (Å²) in [6.45, 7) is 0.679. The number of rotatable bonds is 7. The molecule has 0 bridgehead atoms. The molecule has 0 spiro atoms. The molecule has 9 nitrogen and oxygen atoms in total. The van der Waals surface area contributed by atoms with Crippen molar-refractivity contribution in [2.45, 2.75) is 11.3 Å². The Morgan fingerprint density at radius 2 is 2.13 bits per heavy atom. The van der Waals surface area contributed by atoms with Crippen LogP contribution in [0.1, 0.15) is 15.9 Å². The van der Waals surface area contributed by atoms with Crippen LogP contribution in [0, 0.1) is 10.1 Å². The number of ether oxygens (including phenoxy) is 1. The second-order valence-electron chi connectivity index (χ2n) is 6.60. The molecule has 0 saturated heterocycles. The van der Waals surface area contributed by atoms with Crippen LogP contribution in [-0.2, 0) is 11.2 Å². The van der Waals surface area contributed by atoms with Crippen LogP contribution in [0.4, 0.5) is 10.8 Å². The number of carbonyl (C=O) groups is 2. The number of anilines is 1. The van der Waals surface area contributed by atoms with Gasteiger partial charge in [0.2, 0.25) is 11.8 Å².